The molecular weight excluding hydrogens is 620 g/mol. The van der Waals surface area contributed by atoms with Crippen LogP contribution in [0.4, 0.5) is 0 Å². The summed E-state index contributed by atoms with van der Waals surface area (Å²) in [6, 6.07) is 15.1. The predicted molar refractivity (Wildman–Crippen MR) is 182 cm³/mol. The second-order valence-corrected chi connectivity index (χ2v) is 16.5. The summed E-state index contributed by atoms with van der Waals surface area (Å²) in [5.41, 5.74) is 8.64. The molecule has 0 amide bonds. The Morgan fingerprint density at radius 3 is 0.673 bits per heavy atom. The van der Waals surface area contributed by atoms with Gasteiger partial charge in [-0.2, -0.15) is 0 Å². The summed E-state index contributed by atoms with van der Waals surface area (Å²) in [5, 5.41) is 0. The number of hydrogen-bond acceptors (Lipinski definition) is 8. The van der Waals surface area contributed by atoms with Crippen LogP contribution in [0.25, 0.3) is 0 Å². The molecule has 0 bridgehead atoms. The third-order valence-electron chi connectivity index (χ3n) is 12.0. The molecule has 0 aromatic heterocycles. The van der Waals surface area contributed by atoms with Crippen molar-refractivity contribution in [2.75, 3.05) is 52.9 Å². The molecule has 8 atom stereocenters. The average molecular weight is 673 g/mol. The predicted octanol–water partition coefficient (Wildman–Crippen LogP) is 5.92. The molecule has 0 aliphatic carbocycles. The van der Waals surface area contributed by atoms with Gasteiger partial charge in [0, 0.05) is 0 Å². The second-order valence-electron chi connectivity index (χ2n) is 16.5. The van der Waals surface area contributed by atoms with Crippen molar-refractivity contribution in [2.45, 2.75) is 130 Å². The first-order valence-electron chi connectivity index (χ1n) is 19.3. The fourth-order valence-electron chi connectivity index (χ4n) is 8.52. The Hall–Kier alpha value is -1.88. The second kappa shape index (κ2) is 13.6. The lowest BCUT2D eigenvalue weighted by atomic mass is 9.81. The van der Waals surface area contributed by atoms with Crippen molar-refractivity contribution in [3.8, 4) is 0 Å². The zero-order chi connectivity index (χ0) is 32.3. The van der Waals surface area contributed by atoms with Gasteiger partial charge in [-0.1, -0.05) is 36.4 Å². The lowest BCUT2D eigenvalue weighted by Gasteiger charge is -2.24. The molecule has 10 rings (SSSR count). The van der Waals surface area contributed by atoms with E-state index in [1.54, 1.807) is 0 Å². The summed E-state index contributed by atoms with van der Waals surface area (Å²) in [5.74, 6) is 1.77. The number of hydrogen-bond donors (Lipinski definition) is 0. The van der Waals surface area contributed by atoms with Crippen molar-refractivity contribution >= 4 is 0 Å². The lowest BCUT2D eigenvalue weighted by molar-refractivity contribution is 0.342. The molecule has 8 aliphatic heterocycles. The van der Waals surface area contributed by atoms with Gasteiger partial charge in [-0.05, 0) is 115 Å². The van der Waals surface area contributed by atoms with E-state index < -0.39 is 0 Å². The van der Waals surface area contributed by atoms with Crippen LogP contribution < -0.4 is 0 Å². The van der Waals surface area contributed by atoms with E-state index in [1.807, 2.05) is 0 Å². The third-order valence-corrected chi connectivity index (χ3v) is 12.0. The molecule has 0 N–H and O–H groups in total. The molecule has 264 valence electrons. The average Bonchev–Trinajstić information content (AvgIpc) is 3.91. The van der Waals surface area contributed by atoms with Crippen LogP contribution in [0, 0.1) is 0 Å². The monoisotopic (exact) mass is 672 g/mol. The van der Waals surface area contributed by atoms with E-state index in [0.29, 0.717) is 72.5 Å². The first-order valence-corrected chi connectivity index (χ1v) is 19.3. The minimum Gasteiger partial charge on any atom is -0.373 e. The molecule has 8 aliphatic rings. The van der Waals surface area contributed by atoms with E-state index in [9.17, 15) is 0 Å². The Bertz CT molecular complexity index is 1200. The molecule has 2 aromatic rings. The quantitative estimate of drug-likeness (QED) is 0.142. The van der Waals surface area contributed by atoms with Gasteiger partial charge in [-0.15, -0.1) is 0 Å². The largest absolute Gasteiger partial charge is 0.373 e. The Kier molecular flexibility index (Phi) is 8.83. The molecule has 8 nitrogen and oxygen atoms in total. The molecule has 0 saturated carbocycles. The first kappa shape index (κ1) is 31.8. The highest BCUT2D eigenvalue weighted by molar-refractivity contribution is 5.41. The van der Waals surface area contributed by atoms with Gasteiger partial charge in [-0.25, -0.2) is 0 Å². The zero-order valence-electron chi connectivity index (χ0n) is 28.7. The Morgan fingerprint density at radius 1 is 0.327 bits per heavy atom. The van der Waals surface area contributed by atoms with Gasteiger partial charge in [0.15, 0.2) is 0 Å². The molecule has 8 heteroatoms. The molecule has 2 aromatic carbocycles. The van der Waals surface area contributed by atoms with Crippen LogP contribution in [0.1, 0.15) is 108 Å². The summed E-state index contributed by atoms with van der Waals surface area (Å²) in [4.78, 5) is 0. The van der Waals surface area contributed by atoms with Crippen LogP contribution in [-0.2, 0) is 44.3 Å². The SMILES string of the molecule is c1c(Cc2cc(C(CC3CO3)CC3CO3)cc(C(CC3CO3)CC3CO3)c2)cc(C(CC2CO2)CC2CO2)cc1C(CC1CO1)CC1CO1. The summed E-state index contributed by atoms with van der Waals surface area (Å²) in [6.07, 6.45) is 12.6. The Balaban J connectivity index is 1.00. The summed E-state index contributed by atoms with van der Waals surface area (Å²) < 4.78 is 46.2. The van der Waals surface area contributed by atoms with Gasteiger partial charge in [0.05, 0.1) is 102 Å². The highest BCUT2D eigenvalue weighted by Gasteiger charge is 2.38. The fraction of sp³-hybridized carbons (Fsp3) is 0.707. The minimum atomic E-state index is 0.385. The Labute approximate surface area is 290 Å². The van der Waals surface area contributed by atoms with E-state index in [0.717, 1.165) is 111 Å². The number of ether oxygens (including phenoxy) is 8. The van der Waals surface area contributed by atoms with E-state index in [1.165, 1.54) is 33.4 Å². The highest BCUT2D eigenvalue weighted by atomic mass is 16.6. The maximum atomic E-state index is 5.78. The number of rotatable bonds is 22. The van der Waals surface area contributed by atoms with Crippen LogP contribution >= 0.6 is 0 Å². The van der Waals surface area contributed by atoms with Crippen molar-refractivity contribution in [2.24, 2.45) is 0 Å². The van der Waals surface area contributed by atoms with Crippen molar-refractivity contribution in [3.63, 3.8) is 0 Å². The van der Waals surface area contributed by atoms with Crippen molar-refractivity contribution in [1.82, 2.24) is 0 Å². The maximum absolute atomic E-state index is 5.78. The molecule has 49 heavy (non-hydrogen) atoms. The fourth-order valence-corrected chi connectivity index (χ4v) is 8.52. The molecule has 0 radical (unpaired) electrons. The van der Waals surface area contributed by atoms with Crippen LogP contribution in [0.15, 0.2) is 36.4 Å². The number of epoxide rings is 8. The van der Waals surface area contributed by atoms with Gasteiger partial charge < -0.3 is 37.9 Å². The summed E-state index contributed by atoms with van der Waals surface area (Å²) >= 11 is 0. The van der Waals surface area contributed by atoms with Gasteiger partial charge in [0.1, 0.15) is 0 Å². The lowest BCUT2D eigenvalue weighted by Crippen LogP contribution is -2.12. The number of benzene rings is 2. The summed E-state index contributed by atoms with van der Waals surface area (Å²) in [7, 11) is 0. The summed E-state index contributed by atoms with van der Waals surface area (Å²) in [6.45, 7) is 7.13. The van der Waals surface area contributed by atoms with Gasteiger partial charge in [0.2, 0.25) is 0 Å². The van der Waals surface area contributed by atoms with Crippen LogP contribution in [0.2, 0.25) is 0 Å². The third kappa shape index (κ3) is 9.32. The van der Waals surface area contributed by atoms with Crippen molar-refractivity contribution < 1.29 is 37.9 Å². The molecule has 8 heterocycles. The van der Waals surface area contributed by atoms with E-state index in [4.69, 9.17) is 37.9 Å². The molecule has 8 saturated heterocycles. The minimum absolute atomic E-state index is 0.385. The topological polar surface area (TPSA) is 100 Å². The first-order chi connectivity index (χ1) is 24.1. The van der Waals surface area contributed by atoms with Crippen LogP contribution in [0.5, 0.6) is 0 Å². The normalized spacial score (nSPS) is 35.3. The van der Waals surface area contributed by atoms with E-state index in [2.05, 4.69) is 36.4 Å². The van der Waals surface area contributed by atoms with Crippen LogP contribution in [0.3, 0.4) is 0 Å². The van der Waals surface area contributed by atoms with E-state index in [-0.39, 0.29) is 0 Å². The molecule has 8 unspecified atom stereocenters. The molecular formula is C41H52O8. The van der Waals surface area contributed by atoms with Gasteiger partial charge in [0.25, 0.3) is 0 Å². The van der Waals surface area contributed by atoms with Gasteiger partial charge >= 0.3 is 0 Å². The molecule has 8 fully saturated rings. The highest BCUT2D eigenvalue weighted by Crippen LogP contribution is 2.42. The van der Waals surface area contributed by atoms with Gasteiger partial charge in [-0.3, -0.25) is 0 Å². The standard InChI is InChI=1S/C41H52O8/c1(24-2-26(30(8-34-16-42-34)9-35-17-43-35)6-27(3-24)31(10-36-18-44-36)11-37-19-45-37)25-4-28(32(12-38-20-46-38)13-39-21-47-39)7-29(5-25)33(14-40-22-48-40)15-41-23-49-41/h2-7,30-41H,1,8-23H2. The molecule has 0 spiro atoms. The Morgan fingerprint density at radius 2 is 0.510 bits per heavy atom. The van der Waals surface area contributed by atoms with E-state index >= 15 is 0 Å². The maximum Gasteiger partial charge on any atom is 0.0815 e. The van der Waals surface area contributed by atoms with Crippen molar-refractivity contribution in [1.29, 1.82) is 0 Å². The van der Waals surface area contributed by atoms with Crippen molar-refractivity contribution in [3.05, 3.63) is 69.8 Å². The smallest absolute Gasteiger partial charge is 0.0815 e. The zero-order valence-corrected chi connectivity index (χ0v) is 28.7. The van der Waals surface area contributed by atoms with Crippen LogP contribution in [-0.4, -0.2) is 102 Å².